The van der Waals surface area contributed by atoms with Gasteiger partial charge >= 0.3 is 0 Å². The number of rotatable bonds is 2. The molecule has 1 saturated carbocycles. The van der Waals surface area contributed by atoms with Crippen LogP contribution in [0, 0.1) is 0 Å². The number of amides is 1. The first kappa shape index (κ1) is 8.53. The summed E-state index contributed by atoms with van der Waals surface area (Å²) >= 11 is 0. The Morgan fingerprint density at radius 3 is 2.45 bits per heavy atom. The molecule has 0 aromatic carbocycles. The van der Waals surface area contributed by atoms with Gasteiger partial charge in [0.2, 0.25) is 5.91 Å². The largest absolute Gasteiger partial charge is 0.341 e. The van der Waals surface area contributed by atoms with Gasteiger partial charge < -0.3 is 10.6 Å². The number of nitrogens with zero attached hydrogens (tertiary/aromatic N) is 1. The number of likely N-dealkylation sites (N-methyl/N-ethyl adjacent to an activating group) is 1. The molecule has 1 aliphatic rings. The van der Waals surface area contributed by atoms with Crippen LogP contribution in [0.3, 0.4) is 0 Å². The van der Waals surface area contributed by atoms with Crippen LogP contribution < -0.4 is 5.73 Å². The van der Waals surface area contributed by atoms with Gasteiger partial charge in [0.1, 0.15) is 0 Å². The van der Waals surface area contributed by atoms with Crippen LogP contribution in [0.5, 0.6) is 0 Å². The van der Waals surface area contributed by atoms with Crippen molar-refractivity contribution >= 4 is 5.91 Å². The van der Waals surface area contributed by atoms with Gasteiger partial charge in [-0.05, 0) is 26.2 Å². The second kappa shape index (κ2) is 3.22. The van der Waals surface area contributed by atoms with Crippen molar-refractivity contribution in [1.82, 2.24) is 4.90 Å². The van der Waals surface area contributed by atoms with Gasteiger partial charge in [0.05, 0.1) is 6.04 Å². The molecule has 11 heavy (non-hydrogen) atoms. The van der Waals surface area contributed by atoms with Crippen LogP contribution in [0.1, 0.15) is 26.2 Å². The third-order valence-corrected chi connectivity index (χ3v) is 2.36. The minimum absolute atomic E-state index is 0.0645. The Labute approximate surface area is 67.5 Å². The monoisotopic (exact) mass is 156 g/mol. The van der Waals surface area contributed by atoms with Crippen LogP contribution in [-0.2, 0) is 4.79 Å². The van der Waals surface area contributed by atoms with E-state index in [9.17, 15) is 4.79 Å². The third kappa shape index (κ3) is 1.71. The van der Waals surface area contributed by atoms with Crippen LogP contribution in [0.2, 0.25) is 0 Å². The number of carbonyl (C=O) groups is 1. The lowest BCUT2D eigenvalue weighted by atomic mass is 9.91. The van der Waals surface area contributed by atoms with E-state index in [1.54, 1.807) is 11.8 Å². The number of nitrogens with two attached hydrogens (primary N) is 1. The van der Waals surface area contributed by atoms with E-state index in [2.05, 4.69) is 0 Å². The molecule has 64 valence electrons. The summed E-state index contributed by atoms with van der Waals surface area (Å²) in [4.78, 5) is 13.1. The van der Waals surface area contributed by atoms with E-state index < -0.39 is 0 Å². The molecule has 0 saturated heterocycles. The molecule has 1 rings (SSSR count). The van der Waals surface area contributed by atoms with Crippen molar-refractivity contribution in [2.24, 2.45) is 5.73 Å². The Bertz CT molecular complexity index is 152. The van der Waals surface area contributed by atoms with Crippen LogP contribution >= 0.6 is 0 Å². The quantitative estimate of drug-likeness (QED) is 0.627. The van der Waals surface area contributed by atoms with E-state index in [0.717, 1.165) is 12.8 Å². The highest BCUT2D eigenvalue weighted by Crippen LogP contribution is 2.23. The van der Waals surface area contributed by atoms with Crippen molar-refractivity contribution in [3.8, 4) is 0 Å². The lowest BCUT2D eigenvalue weighted by Crippen LogP contribution is -2.47. The van der Waals surface area contributed by atoms with Crippen molar-refractivity contribution in [2.45, 2.75) is 38.3 Å². The van der Waals surface area contributed by atoms with Gasteiger partial charge in [0.15, 0.2) is 0 Å². The molecule has 3 heteroatoms. The molecule has 1 atom stereocenters. The summed E-state index contributed by atoms with van der Waals surface area (Å²) in [5, 5.41) is 0. The maximum atomic E-state index is 11.3. The van der Waals surface area contributed by atoms with Crippen LogP contribution in [0.4, 0.5) is 0 Å². The highest BCUT2D eigenvalue weighted by molar-refractivity contribution is 5.81. The average Bonchev–Trinajstić information content (AvgIpc) is 1.82. The van der Waals surface area contributed by atoms with E-state index in [1.807, 2.05) is 7.05 Å². The Balaban J connectivity index is 2.39. The topological polar surface area (TPSA) is 46.3 Å². The zero-order chi connectivity index (χ0) is 8.43. The Morgan fingerprint density at radius 1 is 1.64 bits per heavy atom. The van der Waals surface area contributed by atoms with Crippen LogP contribution in [0.25, 0.3) is 0 Å². The van der Waals surface area contributed by atoms with Crippen molar-refractivity contribution in [2.75, 3.05) is 7.05 Å². The molecular formula is C8H16N2O. The van der Waals surface area contributed by atoms with Gasteiger partial charge in [-0.15, -0.1) is 0 Å². The second-order valence-electron chi connectivity index (χ2n) is 3.32. The lowest BCUT2D eigenvalue weighted by Gasteiger charge is -2.35. The van der Waals surface area contributed by atoms with Gasteiger partial charge in [-0.3, -0.25) is 4.79 Å². The number of carbonyl (C=O) groups excluding carboxylic acids is 1. The van der Waals surface area contributed by atoms with Gasteiger partial charge in [-0.2, -0.15) is 0 Å². The van der Waals surface area contributed by atoms with Gasteiger partial charge in [0.25, 0.3) is 0 Å². The molecule has 0 aromatic heterocycles. The summed E-state index contributed by atoms with van der Waals surface area (Å²) in [6.45, 7) is 1.73. The summed E-state index contributed by atoms with van der Waals surface area (Å²) in [7, 11) is 1.84. The van der Waals surface area contributed by atoms with E-state index in [4.69, 9.17) is 5.73 Å². The first-order valence-corrected chi connectivity index (χ1v) is 4.15. The van der Waals surface area contributed by atoms with Crippen molar-refractivity contribution in [1.29, 1.82) is 0 Å². The molecule has 0 aromatic rings. The number of hydrogen-bond donors (Lipinski definition) is 1. The third-order valence-electron chi connectivity index (χ3n) is 2.36. The molecule has 1 unspecified atom stereocenters. The average molecular weight is 156 g/mol. The van der Waals surface area contributed by atoms with Crippen molar-refractivity contribution in [3.63, 3.8) is 0 Å². The zero-order valence-electron chi connectivity index (χ0n) is 7.21. The first-order chi connectivity index (χ1) is 5.13. The number of hydrogen-bond acceptors (Lipinski definition) is 2. The summed E-state index contributed by atoms with van der Waals surface area (Å²) < 4.78 is 0. The summed E-state index contributed by atoms with van der Waals surface area (Å²) in [6, 6.07) is 0.120. The van der Waals surface area contributed by atoms with E-state index in [1.165, 1.54) is 6.42 Å². The summed E-state index contributed by atoms with van der Waals surface area (Å²) in [6.07, 6.45) is 3.55. The molecule has 2 N–H and O–H groups in total. The molecule has 0 bridgehead atoms. The highest BCUT2D eigenvalue weighted by atomic mass is 16.2. The standard InChI is InChI=1S/C8H16N2O/c1-6(9)8(11)10(2)7-4-3-5-7/h6-7H,3-5,9H2,1-2H3. The van der Waals surface area contributed by atoms with Crippen molar-refractivity contribution < 1.29 is 4.79 Å². The minimum atomic E-state index is -0.347. The molecule has 1 fully saturated rings. The van der Waals surface area contributed by atoms with Gasteiger partial charge in [0, 0.05) is 13.1 Å². The molecule has 3 nitrogen and oxygen atoms in total. The van der Waals surface area contributed by atoms with Crippen molar-refractivity contribution in [3.05, 3.63) is 0 Å². The Kier molecular flexibility index (Phi) is 2.49. The normalized spacial score (nSPS) is 20.6. The van der Waals surface area contributed by atoms with Gasteiger partial charge in [-0.1, -0.05) is 0 Å². The molecule has 1 amide bonds. The van der Waals surface area contributed by atoms with Crippen LogP contribution in [0.15, 0.2) is 0 Å². The Hall–Kier alpha value is -0.570. The fraction of sp³-hybridized carbons (Fsp3) is 0.875. The predicted molar refractivity (Wildman–Crippen MR) is 44.1 cm³/mol. The molecule has 0 aliphatic heterocycles. The minimum Gasteiger partial charge on any atom is -0.341 e. The molecule has 0 radical (unpaired) electrons. The molecule has 0 spiro atoms. The highest BCUT2D eigenvalue weighted by Gasteiger charge is 2.26. The van der Waals surface area contributed by atoms with E-state index in [-0.39, 0.29) is 11.9 Å². The summed E-state index contributed by atoms with van der Waals surface area (Å²) in [5.74, 6) is 0.0645. The predicted octanol–water partition coefficient (Wildman–Crippen LogP) is 0.345. The maximum Gasteiger partial charge on any atom is 0.239 e. The smallest absolute Gasteiger partial charge is 0.239 e. The lowest BCUT2D eigenvalue weighted by molar-refractivity contribution is -0.134. The van der Waals surface area contributed by atoms with Crippen LogP contribution in [-0.4, -0.2) is 29.9 Å². The fourth-order valence-corrected chi connectivity index (χ4v) is 1.28. The summed E-state index contributed by atoms with van der Waals surface area (Å²) in [5.41, 5.74) is 5.46. The second-order valence-corrected chi connectivity index (χ2v) is 3.32. The zero-order valence-corrected chi connectivity index (χ0v) is 7.21. The Morgan fingerprint density at radius 2 is 2.18 bits per heavy atom. The molecule has 0 heterocycles. The van der Waals surface area contributed by atoms with Gasteiger partial charge in [-0.25, -0.2) is 0 Å². The first-order valence-electron chi connectivity index (χ1n) is 4.15. The molecule has 1 aliphatic carbocycles. The fourth-order valence-electron chi connectivity index (χ4n) is 1.28. The maximum absolute atomic E-state index is 11.3. The van der Waals surface area contributed by atoms with E-state index >= 15 is 0 Å². The van der Waals surface area contributed by atoms with E-state index in [0.29, 0.717) is 6.04 Å². The SMILES string of the molecule is CC(N)C(=O)N(C)C1CCC1. The molecular weight excluding hydrogens is 140 g/mol.